The number of aryl methyl sites for hydroxylation is 1. The quantitative estimate of drug-likeness (QED) is 0.673. The largest absolute Gasteiger partial charge is 0.245 e. The van der Waals surface area contributed by atoms with Gasteiger partial charge in [0.05, 0.1) is 15.7 Å². The third-order valence-electron chi connectivity index (χ3n) is 1.68. The summed E-state index contributed by atoms with van der Waals surface area (Å²) in [5, 5.41) is 0. The van der Waals surface area contributed by atoms with Crippen molar-refractivity contribution in [3.05, 3.63) is 27.7 Å². The molecule has 3 heteroatoms. The highest BCUT2D eigenvalue weighted by molar-refractivity contribution is 9.10. The number of aromatic nitrogens is 1. The maximum absolute atomic E-state index is 4.22. The number of thiazole rings is 1. The lowest BCUT2D eigenvalue weighted by Gasteiger charge is -1.96. The third kappa shape index (κ3) is 1.08. The molecular weight excluding hydrogens is 222 g/mol. The van der Waals surface area contributed by atoms with E-state index in [1.165, 1.54) is 10.3 Å². The minimum atomic E-state index is 1.09. The van der Waals surface area contributed by atoms with Crippen molar-refractivity contribution in [2.75, 3.05) is 0 Å². The summed E-state index contributed by atoms with van der Waals surface area (Å²) in [4.78, 5) is 4.22. The summed E-state index contributed by atoms with van der Waals surface area (Å²) in [6.07, 6.45) is 0. The first-order valence-electron chi connectivity index (χ1n) is 3.27. The molecule has 0 radical (unpaired) electrons. The van der Waals surface area contributed by atoms with E-state index in [9.17, 15) is 0 Å². The standard InChI is InChI=1S/C8H6BrNS/c1-5-6(9)2-3-7-8(5)11-4-10-7/h2-4H,1H3. The van der Waals surface area contributed by atoms with E-state index in [0.29, 0.717) is 0 Å². The van der Waals surface area contributed by atoms with E-state index in [1.54, 1.807) is 11.3 Å². The van der Waals surface area contributed by atoms with Crippen LogP contribution in [0.5, 0.6) is 0 Å². The molecule has 1 nitrogen and oxygen atoms in total. The summed E-state index contributed by atoms with van der Waals surface area (Å²) in [6, 6.07) is 4.07. The predicted octanol–water partition coefficient (Wildman–Crippen LogP) is 3.37. The van der Waals surface area contributed by atoms with Crippen LogP contribution in [-0.2, 0) is 0 Å². The normalized spacial score (nSPS) is 10.7. The van der Waals surface area contributed by atoms with Crippen LogP contribution in [0.3, 0.4) is 0 Å². The molecule has 0 saturated carbocycles. The summed E-state index contributed by atoms with van der Waals surface area (Å²) in [6.45, 7) is 2.10. The van der Waals surface area contributed by atoms with Crippen molar-refractivity contribution in [1.29, 1.82) is 0 Å². The molecule has 1 heterocycles. The average Bonchev–Trinajstić information content (AvgIpc) is 2.45. The first kappa shape index (κ1) is 7.25. The molecule has 11 heavy (non-hydrogen) atoms. The minimum absolute atomic E-state index is 1.09. The van der Waals surface area contributed by atoms with E-state index < -0.39 is 0 Å². The van der Waals surface area contributed by atoms with Gasteiger partial charge >= 0.3 is 0 Å². The van der Waals surface area contributed by atoms with Crippen LogP contribution in [-0.4, -0.2) is 4.98 Å². The highest BCUT2D eigenvalue weighted by Gasteiger charge is 2.01. The van der Waals surface area contributed by atoms with Crippen molar-refractivity contribution in [2.45, 2.75) is 6.92 Å². The Hall–Kier alpha value is -0.410. The number of halogens is 1. The van der Waals surface area contributed by atoms with Crippen LogP contribution in [0, 0.1) is 6.92 Å². The maximum Gasteiger partial charge on any atom is 0.0815 e. The van der Waals surface area contributed by atoms with Crippen LogP contribution in [0.4, 0.5) is 0 Å². The number of hydrogen-bond acceptors (Lipinski definition) is 2. The third-order valence-corrected chi connectivity index (χ3v) is 3.50. The van der Waals surface area contributed by atoms with Crippen molar-refractivity contribution in [2.24, 2.45) is 0 Å². The predicted molar refractivity (Wildman–Crippen MR) is 52.1 cm³/mol. The molecule has 0 N–H and O–H groups in total. The Morgan fingerprint density at radius 3 is 3.09 bits per heavy atom. The number of hydrogen-bond donors (Lipinski definition) is 0. The lowest BCUT2D eigenvalue weighted by molar-refractivity contribution is 1.46. The molecule has 2 rings (SSSR count). The van der Waals surface area contributed by atoms with Gasteiger partial charge in [0.1, 0.15) is 0 Å². The summed E-state index contributed by atoms with van der Waals surface area (Å²) < 4.78 is 2.44. The van der Waals surface area contributed by atoms with Gasteiger partial charge in [-0.2, -0.15) is 0 Å². The van der Waals surface area contributed by atoms with Crippen molar-refractivity contribution in [3.8, 4) is 0 Å². The monoisotopic (exact) mass is 227 g/mol. The van der Waals surface area contributed by atoms with E-state index in [0.717, 1.165) is 9.99 Å². The molecule has 0 amide bonds. The first-order valence-corrected chi connectivity index (χ1v) is 4.94. The van der Waals surface area contributed by atoms with Gasteiger partial charge in [-0.1, -0.05) is 15.9 Å². The molecule has 56 valence electrons. The molecule has 0 aliphatic heterocycles. The van der Waals surface area contributed by atoms with E-state index in [1.807, 2.05) is 17.6 Å². The zero-order chi connectivity index (χ0) is 7.84. The molecule has 0 bridgehead atoms. The molecule has 0 spiro atoms. The Morgan fingerprint density at radius 2 is 2.27 bits per heavy atom. The van der Waals surface area contributed by atoms with E-state index in [4.69, 9.17) is 0 Å². The smallest absolute Gasteiger partial charge is 0.0815 e. The molecule has 0 aliphatic rings. The topological polar surface area (TPSA) is 12.9 Å². The number of nitrogens with zero attached hydrogens (tertiary/aromatic N) is 1. The van der Waals surface area contributed by atoms with Crippen molar-refractivity contribution in [3.63, 3.8) is 0 Å². The molecule has 0 aliphatic carbocycles. The molecule has 0 fully saturated rings. The summed E-state index contributed by atoms with van der Waals surface area (Å²) in [5.41, 5.74) is 4.25. The zero-order valence-corrected chi connectivity index (χ0v) is 8.37. The van der Waals surface area contributed by atoms with Crippen LogP contribution in [0.25, 0.3) is 10.2 Å². The average molecular weight is 228 g/mol. The Bertz CT molecular complexity index is 394. The lowest BCUT2D eigenvalue weighted by Crippen LogP contribution is -1.75. The van der Waals surface area contributed by atoms with Crippen LogP contribution < -0.4 is 0 Å². The Labute approximate surface area is 77.2 Å². The van der Waals surface area contributed by atoms with Crippen LogP contribution in [0.2, 0.25) is 0 Å². The van der Waals surface area contributed by atoms with E-state index in [-0.39, 0.29) is 0 Å². The molecule has 1 aromatic heterocycles. The number of benzene rings is 1. The van der Waals surface area contributed by atoms with E-state index in [2.05, 4.69) is 27.8 Å². The summed E-state index contributed by atoms with van der Waals surface area (Å²) in [5.74, 6) is 0. The highest BCUT2D eigenvalue weighted by Crippen LogP contribution is 2.27. The van der Waals surface area contributed by atoms with Crippen molar-refractivity contribution >= 4 is 37.5 Å². The van der Waals surface area contributed by atoms with Crippen LogP contribution >= 0.6 is 27.3 Å². The van der Waals surface area contributed by atoms with Gasteiger partial charge < -0.3 is 0 Å². The van der Waals surface area contributed by atoms with Gasteiger partial charge in [0.15, 0.2) is 0 Å². The Kier molecular flexibility index (Phi) is 1.69. The number of rotatable bonds is 0. The second-order valence-corrected chi connectivity index (χ2v) is 4.08. The summed E-state index contributed by atoms with van der Waals surface area (Å²) >= 11 is 5.17. The fraction of sp³-hybridized carbons (Fsp3) is 0.125. The van der Waals surface area contributed by atoms with Gasteiger partial charge in [-0.25, -0.2) is 4.98 Å². The van der Waals surface area contributed by atoms with Crippen LogP contribution in [0.15, 0.2) is 22.1 Å². The van der Waals surface area contributed by atoms with E-state index >= 15 is 0 Å². The second kappa shape index (κ2) is 2.57. The zero-order valence-electron chi connectivity index (χ0n) is 5.97. The first-order chi connectivity index (χ1) is 5.29. The molecular formula is C8H6BrNS. The SMILES string of the molecule is Cc1c(Br)ccc2ncsc12. The second-order valence-electron chi connectivity index (χ2n) is 2.37. The lowest BCUT2D eigenvalue weighted by atomic mass is 10.2. The van der Waals surface area contributed by atoms with Crippen molar-refractivity contribution in [1.82, 2.24) is 4.98 Å². The Balaban J connectivity index is 2.93. The Morgan fingerprint density at radius 1 is 1.45 bits per heavy atom. The molecule has 0 unspecified atom stereocenters. The van der Waals surface area contributed by atoms with Gasteiger partial charge in [-0.05, 0) is 24.6 Å². The van der Waals surface area contributed by atoms with Gasteiger partial charge in [-0.3, -0.25) is 0 Å². The van der Waals surface area contributed by atoms with Gasteiger partial charge in [0.2, 0.25) is 0 Å². The van der Waals surface area contributed by atoms with Crippen molar-refractivity contribution < 1.29 is 0 Å². The molecule has 1 aromatic carbocycles. The minimum Gasteiger partial charge on any atom is -0.245 e. The summed E-state index contributed by atoms with van der Waals surface area (Å²) in [7, 11) is 0. The molecule has 0 atom stereocenters. The van der Waals surface area contributed by atoms with Crippen LogP contribution in [0.1, 0.15) is 5.56 Å². The molecule has 0 saturated heterocycles. The number of fused-ring (bicyclic) bond motifs is 1. The molecule has 2 aromatic rings. The fourth-order valence-corrected chi connectivity index (χ4v) is 2.30. The van der Waals surface area contributed by atoms with Gasteiger partial charge in [-0.15, -0.1) is 11.3 Å². The maximum atomic E-state index is 4.22. The fourth-order valence-electron chi connectivity index (χ4n) is 1.04. The van der Waals surface area contributed by atoms with Gasteiger partial charge in [0, 0.05) is 4.47 Å². The highest BCUT2D eigenvalue weighted by atomic mass is 79.9. The van der Waals surface area contributed by atoms with Gasteiger partial charge in [0.25, 0.3) is 0 Å².